The lowest BCUT2D eigenvalue weighted by molar-refractivity contribution is 0.354. The van der Waals surface area contributed by atoms with Gasteiger partial charge in [-0.2, -0.15) is 4.98 Å². The summed E-state index contributed by atoms with van der Waals surface area (Å²) in [6.45, 7) is 3.96. The van der Waals surface area contributed by atoms with Crippen molar-refractivity contribution in [1.82, 2.24) is 19.1 Å². The summed E-state index contributed by atoms with van der Waals surface area (Å²) in [5.41, 5.74) is 0.271. The highest BCUT2D eigenvalue weighted by molar-refractivity contribution is 5.74. The first-order chi connectivity index (χ1) is 11.1. The van der Waals surface area contributed by atoms with Gasteiger partial charge in [0.25, 0.3) is 5.56 Å². The van der Waals surface area contributed by atoms with Gasteiger partial charge in [-0.05, 0) is 18.8 Å². The monoisotopic (exact) mass is 317 g/mol. The molecular weight excluding hydrogens is 294 g/mol. The summed E-state index contributed by atoms with van der Waals surface area (Å²) in [5.74, 6) is 1.31. The number of H-pyrrole nitrogens is 1. The molecule has 1 saturated carbocycles. The van der Waals surface area contributed by atoms with E-state index in [0.717, 1.165) is 19.0 Å². The predicted molar refractivity (Wildman–Crippen MR) is 89.0 cm³/mol. The maximum absolute atomic E-state index is 12.3. The molecule has 0 aromatic carbocycles. The molecule has 1 aliphatic carbocycles. The van der Waals surface area contributed by atoms with Gasteiger partial charge in [-0.15, -0.1) is 0 Å². The third-order valence-corrected chi connectivity index (χ3v) is 5.26. The molecule has 3 heterocycles. The Morgan fingerprint density at radius 1 is 1.13 bits per heavy atom. The first kappa shape index (κ1) is 14.5. The molecule has 2 aromatic rings. The summed E-state index contributed by atoms with van der Waals surface area (Å²) in [6.07, 6.45) is 6.20. The average Bonchev–Trinajstić information content (AvgIpc) is 2.92. The second kappa shape index (κ2) is 5.25. The van der Waals surface area contributed by atoms with Crippen molar-refractivity contribution in [2.24, 2.45) is 13.0 Å². The van der Waals surface area contributed by atoms with Gasteiger partial charge in [0.15, 0.2) is 11.2 Å². The van der Waals surface area contributed by atoms with Crippen molar-refractivity contribution in [3.63, 3.8) is 0 Å². The number of imidazole rings is 1. The topological polar surface area (TPSA) is 75.9 Å². The molecule has 4 rings (SSSR count). The Bertz CT molecular complexity index is 856. The van der Waals surface area contributed by atoms with E-state index in [1.54, 1.807) is 7.05 Å². The van der Waals surface area contributed by atoms with Crippen molar-refractivity contribution in [3.8, 4) is 0 Å². The molecule has 1 N–H and O–H groups in total. The van der Waals surface area contributed by atoms with Gasteiger partial charge >= 0.3 is 5.69 Å². The summed E-state index contributed by atoms with van der Waals surface area (Å²) in [4.78, 5) is 33.7. The fraction of sp³-hybridized carbons (Fsp3) is 0.688. The van der Waals surface area contributed by atoms with Gasteiger partial charge in [-0.3, -0.25) is 14.3 Å². The smallest absolute Gasteiger partial charge is 0.329 e. The van der Waals surface area contributed by atoms with Gasteiger partial charge in [0.1, 0.15) is 0 Å². The quantitative estimate of drug-likeness (QED) is 0.858. The van der Waals surface area contributed by atoms with Gasteiger partial charge in [0, 0.05) is 26.2 Å². The number of rotatable bonds is 1. The lowest BCUT2D eigenvalue weighted by atomic mass is 9.93. The number of nitrogens with zero attached hydrogens (tertiary/aromatic N) is 4. The van der Waals surface area contributed by atoms with Crippen molar-refractivity contribution in [3.05, 3.63) is 20.8 Å². The van der Waals surface area contributed by atoms with E-state index < -0.39 is 5.69 Å². The van der Waals surface area contributed by atoms with Gasteiger partial charge in [-0.1, -0.05) is 26.2 Å². The molecule has 0 spiro atoms. The van der Waals surface area contributed by atoms with Crippen LogP contribution in [0.2, 0.25) is 0 Å². The zero-order chi connectivity index (χ0) is 16.1. The average molecular weight is 317 g/mol. The van der Waals surface area contributed by atoms with E-state index in [0.29, 0.717) is 23.1 Å². The summed E-state index contributed by atoms with van der Waals surface area (Å²) in [6, 6.07) is 0.498. The number of fused-ring (bicyclic) bond motifs is 3. The van der Waals surface area contributed by atoms with Crippen LogP contribution in [0.5, 0.6) is 0 Å². The molecule has 124 valence electrons. The number of hydrogen-bond donors (Lipinski definition) is 1. The van der Waals surface area contributed by atoms with Crippen molar-refractivity contribution in [2.75, 3.05) is 11.4 Å². The van der Waals surface area contributed by atoms with E-state index in [-0.39, 0.29) is 5.56 Å². The lowest BCUT2D eigenvalue weighted by Gasteiger charge is -2.40. The SMILES string of the molecule is C[C@@H]1CN(C2CCCCC2)c2nc3c(c(=O)[nH]c(=O)n3C)n2C1. The standard InChI is InChI=1S/C16H23N5O2/c1-10-8-20(11-6-4-3-5-7-11)15-17-13-12(21(15)9-10)14(22)18-16(23)19(13)2/h10-11H,3-9H2,1-2H3,(H,18,22,23)/t10-/m1/s1. The lowest BCUT2D eigenvalue weighted by Crippen LogP contribution is -2.45. The van der Waals surface area contributed by atoms with E-state index in [4.69, 9.17) is 4.98 Å². The molecule has 23 heavy (non-hydrogen) atoms. The second-order valence-corrected chi connectivity index (χ2v) is 7.06. The van der Waals surface area contributed by atoms with Crippen LogP contribution < -0.4 is 16.1 Å². The van der Waals surface area contributed by atoms with Crippen LogP contribution in [-0.4, -0.2) is 31.7 Å². The highest BCUT2D eigenvalue weighted by atomic mass is 16.2. The zero-order valence-corrected chi connectivity index (χ0v) is 13.7. The Balaban J connectivity index is 1.92. The van der Waals surface area contributed by atoms with Gasteiger partial charge < -0.3 is 9.47 Å². The summed E-state index contributed by atoms with van der Waals surface area (Å²) in [7, 11) is 1.66. The first-order valence-corrected chi connectivity index (χ1v) is 8.52. The molecule has 0 radical (unpaired) electrons. The maximum Gasteiger partial charge on any atom is 0.329 e. The molecule has 0 saturated heterocycles. The van der Waals surface area contributed by atoms with Gasteiger partial charge in [0.05, 0.1) is 0 Å². The number of hydrogen-bond acceptors (Lipinski definition) is 4. The van der Waals surface area contributed by atoms with Crippen LogP contribution in [0.25, 0.3) is 11.2 Å². The van der Waals surface area contributed by atoms with Crippen molar-refractivity contribution < 1.29 is 0 Å². The Morgan fingerprint density at radius 3 is 2.61 bits per heavy atom. The molecule has 1 atom stereocenters. The van der Waals surface area contributed by atoms with E-state index >= 15 is 0 Å². The molecule has 7 heteroatoms. The Morgan fingerprint density at radius 2 is 1.87 bits per heavy atom. The van der Waals surface area contributed by atoms with Crippen molar-refractivity contribution in [1.29, 1.82) is 0 Å². The van der Waals surface area contributed by atoms with Crippen molar-refractivity contribution >= 4 is 17.1 Å². The van der Waals surface area contributed by atoms with Crippen LogP contribution in [0.3, 0.4) is 0 Å². The Kier molecular flexibility index (Phi) is 3.32. The van der Waals surface area contributed by atoms with E-state index in [9.17, 15) is 9.59 Å². The second-order valence-electron chi connectivity index (χ2n) is 7.06. The van der Waals surface area contributed by atoms with Crippen LogP contribution >= 0.6 is 0 Å². The summed E-state index contributed by atoms with van der Waals surface area (Å²) < 4.78 is 3.45. The van der Waals surface area contributed by atoms with E-state index in [1.165, 1.54) is 36.7 Å². The highest BCUT2D eigenvalue weighted by Crippen LogP contribution is 2.32. The number of aromatic nitrogens is 4. The number of aryl methyl sites for hydroxylation is 1. The molecule has 0 unspecified atom stereocenters. The van der Waals surface area contributed by atoms with Crippen LogP contribution in [0.4, 0.5) is 5.95 Å². The van der Waals surface area contributed by atoms with E-state index in [2.05, 4.69) is 16.8 Å². The Hall–Kier alpha value is -2.05. The molecular formula is C16H23N5O2. The zero-order valence-electron chi connectivity index (χ0n) is 13.7. The summed E-state index contributed by atoms with van der Waals surface area (Å²) >= 11 is 0. The maximum atomic E-state index is 12.3. The van der Waals surface area contributed by atoms with Crippen LogP contribution in [-0.2, 0) is 13.6 Å². The highest BCUT2D eigenvalue weighted by Gasteiger charge is 2.32. The molecule has 2 aliphatic rings. The van der Waals surface area contributed by atoms with E-state index in [1.807, 2.05) is 4.57 Å². The molecule has 1 aliphatic heterocycles. The third kappa shape index (κ3) is 2.21. The molecule has 1 fully saturated rings. The molecule has 0 amide bonds. The number of nitrogens with one attached hydrogen (secondary N) is 1. The normalized spacial score (nSPS) is 22.5. The van der Waals surface area contributed by atoms with Crippen LogP contribution in [0, 0.1) is 5.92 Å². The fourth-order valence-electron chi connectivity index (χ4n) is 4.11. The minimum atomic E-state index is -0.407. The van der Waals surface area contributed by atoms with Crippen LogP contribution in [0.1, 0.15) is 39.0 Å². The molecule has 2 aromatic heterocycles. The van der Waals surface area contributed by atoms with Crippen LogP contribution in [0.15, 0.2) is 9.59 Å². The minimum Gasteiger partial charge on any atom is -0.339 e. The fourth-order valence-corrected chi connectivity index (χ4v) is 4.11. The first-order valence-electron chi connectivity index (χ1n) is 8.52. The van der Waals surface area contributed by atoms with Gasteiger partial charge in [-0.25, -0.2) is 4.79 Å². The third-order valence-electron chi connectivity index (χ3n) is 5.26. The molecule has 0 bridgehead atoms. The van der Waals surface area contributed by atoms with Gasteiger partial charge in [0.2, 0.25) is 5.95 Å². The predicted octanol–water partition coefficient (Wildman–Crippen LogP) is 1.21. The molecule has 7 nitrogen and oxygen atoms in total. The van der Waals surface area contributed by atoms with Crippen molar-refractivity contribution in [2.45, 2.75) is 51.6 Å². The number of aromatic amines is 1. The Labute approximate surface area is 133 Å². The minimum absolute atomic E-state index is 0.334. The largest absolute Gasteiger partial charge is 0.339 e. The summed E-state index contributed by atoms with van der Waals surface area (Å²) in [5, 5.41) is 0. The number of anilines is 1.